The van der Waals surface area contributed by atoms with Crippen molar-refractivity contribution in [3.63, 3.8) is 0 Å². The molecule has 0 saturated carbocycles. The Morgan fingerprint density at radius 2 is 2.24 bits per heavy atom. The average molecular weight is 235 g/mol. The van der Waals surface area contributed by atoms with E-state index in [-0.39, 0.29) is 0 Å². The van der Waals surface area contributed by atoms with Crippen LogP contribution in [0.15, 0.2) is 12.5 Å². The summed E-state index contributed by atoms with van der Waals surface area (Å²) in [6.07, 6.45) is 5.84. The molecule has 1 unspecified atom stereocenters. The SMILES string of the molecule is CC(CNc1ncncc1N)CN1CCCC1. The summed E-state index contributed by atoms with van der Waals surface area (Å²) in [6, 6.07) is 0. The van der Waals surface area contributed by atoms with Crippen LogP contribution in [-0.4, -0.2) is 41.0 Å². The number of nitrogens with one attached hydrogen (secondary N) is 1. The van der Waals surface area contributed by atoms with Crippen molar-refractivity contribution >= 4 is 11.5 Å². The average Bonchev–Trinajstić information content (AvgIpc) is 2.81. The molecule has 5 nitrogen and oxygen atoms in total. The lowest BCUT2D eigenvalue weighted by molar-refractivity contribution is 0.294. The predicted octanol–water partition coefficient (Wildman–Crippen LogP) is 1.20. The van der Waals surface area contributed by atoms with Gasteiger partial charge in [-0.25, -0.2) is 9.97 Å². The van der Waals surface area contributed by atoms with Gasteiger partial charge < -0.3 is 16.0 Å². The Morgan fingerprint density at radius 3 is 2.94 bits per heavy atom. The molecule has 1 aliphatic heterocycles. The summed E-state index contributed by atoms with van der Waals surface area (Å²) in [7, 11) is 0. The highest BCUT2D eigenvalue weighted by atomic mass is 15.1. The first-order valence-electron chi connectivity index (χ1n) is 6.27. The van der Waals surface area contributed by atoms with Crippen molar-refractivity contribution in [3.05, 3.63) is 12.5 Å². The quantitative estimate of drug-likeness (QED) is 0.802. The van der Waals surface area contributed by atoms with Crippen molar-refractivity contribution in [1.29, 1.82) is 0 Å². The lowest BCUT2D eigenvalue weighted by Crippen LogP contribution is -2.29. The van der Waals surface area contributed by atoms with Gasteiger partial charge >= 0.3 is 0 Å². The number of anilines is 2. The Morgan fingerprint density at radius 1 is 1.47 bits per heavy atom. The molecule has 3 N–H and O–H groups in total. The van der Waals surface area contributed by atoms with E-state index in [1.165, 1.54) is 32.3 Å². The van der Waals surface area contributed by atoms with Crippen LogP contribution in [0.1, 0.15) is 19.8 Å². The van der Waals surface area contributed by atoms with Gasteiger partial charge in [-0.3, -0.25) is 0 Å². The Kier molecular flexibility index (Phi) is 4.14. The molecule has 1 fully saturated rings. The van der Waals surface area contributed by atoms with Gasteiger partial charge in [-0.05, 0) is 31.8 Å². The van der Waals surface area contributed by atoms with E-state index in [9.17, 15) is 0 Å². The van der Waals surface area contributed by atoms with E-state index in [0.717, 1.165) is 18.9 Å². The second-order valence-corrected chi connectivity index (χ2v) is 4.82. The van der Waals surface area contributed by atoms with Crippen LogP contribution in [0.25, 0.3) is 0 Å². The largest absolute Gasteiger partial charge is 0.394 e. The minimum Gasteiger partial charge on any atom is -0.394 e. The Balaban J connectivity index is 1.75. The molecule has 2 rings (SSSR count). The number of likely N-dealkylation sites (tertiary alicyclic amines) is 1. The number of hydrogen-bond donors (Lipinski definition) is 2. The van der Waals surface area contributed by atoms with Crippen molar-refractivity contribution in [2.45, 2.75) is 19.8 Å². The standard InChI is InChI=1S/C12H21N5/c1-10(8-17-4-2-3-5-17)6-15-12-11(13)7-14-9-16-12/h7,9-10H,2-6,8,13H2,1H3,(H,14,15,16). The fourth-order valence-corrected chi connectivity index (χ4v) is 2.23. The molecule has 0 aliphatic carbocycles. The summed E-state index contributed by atoms with van der Waals surface area (Å²) >= 11 is 0. The first-order chi connectivity index (χ1) is 8.25. The van der Waals surface area contributed by atoms with Gasteiger partial charge in [0.05, 0.1) is 11.9 Å². The van der Waals surface area contributed by atoms with Gasteiger partial charge in [0.15, 0.2) is 5.82 Å². The summed E-state index contributed by atoms with van der Waals surface area (Å²) in [5.41, 5.74) is 6.38. The van der Waals surface area contributed by atoms with E-state index in [4.69, 9.17) is 5.73 Å². The highest BCUT2D eigenvalue weighted by Crippen LogP contribution is 2.14. The summed E-state index contributed by atoms with van der Waals surface area (Å²) in [5.74, 6) is 1.34. The lowest BCUT2D eigenvalue weighted by Gasteiger charge is -2.20. The molecule has 1 atom stereocenters. The molecule has 94 valence electrons. The molecule has 0 radical (unpaired) electrons. The normalized spacial score (nSPS) is 18.2. The van der Waals surface area contributed by atoms with Crippen LogP contribution in [0.3, 0.4) is 0 Å². The minimum atomic E-state index is 0.600. The number of nitrogens with two attached hydrogens (primary N) is 1. The molecule has 0 spiro atoms. The smallest absolute Gasteiger partial charge is 0.152 e. The molecule has 0 aromatic carbocycles. The Bertz CT molecular complexity index is 349. The van der Waals surface area contributed by atoms with E-state index >= 15 is 0 Å². The molecule has 1 aliphatic rings. The first kappa shape index (κ1) is 12.1. The number of nitrogen functional groups attached to an aromatic ring is 1. The van der Waals surface area contributed by atoms with E-state index in [1.807, 2.05) is 0 Å². The predicted molar refractivity (Wildman–Crippen MR) is 69.8 cm³/mol. The Labute approximate surface area is 102 Å². The maximum atomic E-state index is 5.77. The highest BCUT2D eigenvalue weighted by molar-refractivity contribution is 5.58. The number of aromatic nitrogens is 2. The van der Waals surface area contributed by atoms with Gasteiger partial charge in [0.2, 0.25) is 0 Å². The van der Waals surface area contributed by atoms with Gasteiger partial charge in [-0.1, -0.05) is 6.92 Å². The van der Waals surface area contributed by atoms with Crippen LogP contribution in [0.5, 0.6) is 0 Å². The summed E-state index contributed by atoms with van der Waals surface area (Å²) in [6.45, 7) is 6.80. The van der Waals surface area contributed by atoms with Gasteiger partial charge in [0.25, 0.3) is 0 Å². The zero-order valence-electron chi connectivity index (χ0n) is 10.4. The molecule has 2 heterocycles. The zero-order chi connectivity index (χ0) is 12.1. The zero-order valence-corrected chi connectivity index (χ0v) is 10.4. The molecule has 1 saturated heterocycles. The Hall–Kier alpha value is -1.36. The number of hydrogen-bond acceptors (Lipinski definition) is 5. The van der Waals surface area contributed by atoms with Gasteiger partial charge in [-0.15, -0.1) is 0 Å². The van der Waals surface area contributed by atoms with Crippen molar-refractivity contribution in [2.75, 3.05) is 37.2 Å². The van der Waals surface area contributed by atoms with E-state index in [0.29, 0.717) is 11.6 Å². The first-order valence-corrected chi connectivity index (χ1v) is 6.27. The van der Waals surface area contributed by atoms with Crippen LogP contribution in [0, 0.1) is 5.92 Å². The number of nitrogens with zero attached hydrogens (tertiary/aromatic N) is 3. The van der Waals surface area contributed by atoms with Crippen molar-refractivity contribution in [2.24, 2.45) is 5.92 Å². The van der Waals surface area contributed by atoms with E-state index < -0.39 is 0 Å². The third-order valence-electron chi connectivity index (χ3n) is 3.13. The second-order valence-electron chi connectivity index (χ2n) is 4.82. The van der Waals surface area contributed by atoms with Gasteiger partial charge in [-0.2, -0.15) is 0 Å². The van der Waals surface area contributed by atoms with Crippen LogP contribution in [0.2, 0.25) is 0 Å². The van der Waals surface area contributed by atoms with Crippen molar-refractivity contribution in [1.82, 2.24) is 14.9 Å². The van der Waals surface area contributed by atoms with Crippen molar-refractivity contribution < 1.29 is 0 Å². The minimum absolute atomic E-state index is 0.600. The van der Waals surface area contributed by atoms with Gasteiger partial charge in [0.1, 0.15) is 6.33 Å². The van der Waals surface area contributed by atoms with E-state index in [1.54, 1.807) is 6.20 Å². The van der Waals surface area contributed by atoms with E-state index in [2.05, 4.69) is 27.1 Å². The summed E-state index contributed by atoms with van der Waals surface area (Å²) < 4.78 is 0. The van der Waals surface area contributed by atoms with Crippen LogP contribution in [0.4, 0.5) is 11.5 Å². The summed E-state index contributed by atoms with van der Waals surface area (Å²) in [4.78, 5) is 10.5. The van der Waals surface area contributed by atoms with Gasteiger partial charge in [0, 0.05) is 13.1 Å². The summed E-state index contributed by atoms with van der Waals surface area (Å²) in [5, 5.41) is 3.28. The number of rotatable bonds is 5. The van der Waals surface area contributed by atoms with Crippen LogP contribution < -0.4 is 11.1 Å². The molecule has 0 bridgehead atoms. The third-order valence-corrected chi connectivity index (χ3v) is 3.13. The maximum absolute atomic E-state index is 5.77. The topological polar surface area (TPSA) is 67.1 Å². The molecule has 1 aromatic rings. The maximum Gasteiger partial charge on any atom is 0.152 e. The molecule has 17 heavy (non-hydrogen) atoms. The molecular formula is C12H21N5. The fraction of sp³-hybridized carbons (Fsp3) is 0.667. The fourth-order valence-electron chi connectivity index (χ4n) is 2.23. The highest BCUT2D eigenvalue weighted by Gasteiger charge is 2.14. The molecular weight excluding hydrogens is 214 g/mol. The molecule has 0 amide bonds. The molecule has 1 aromatic heterocycles. The monoisotopic (exact) mass is 235 g/mol. The second kappa shape index (κ2) is 5.82. The third kappa shape index (κ3) is 3.56. The lowest BCUT2D eigenvalue weighted by atomic mass is 10.1. The van der Waals surface area contributed by atoms with Crippen LogP contribution in [-0.2, 0) is 0 Å². The van der Waals surface area contributed by atoms with Crippen molar-refractivity contribution in [3.8, 4) is 0 Å². The van der Waals surface area contributed by atoms with Crippen LogP contribution >= 0.6 is 0 Å². The molecule has 5 heteroatoms.